The van der Waals surface area contributed by atoms with Gasteiger partial charge in [0.05, 0.1) is 5.01 Å². The van der Waals surface area contributed by atoms with E-state index in [-0.39, 0.29) is 18.3 Å². The van der Waals surface area contributed by atoms with Crippen molar-refractivity contribution in [3.63, 3.8) is 0 Å². The third kappa shape index (κ3) is 4.30. The predicted octanol–water partition coefficient (Wildman–Crippen LogP) is 2.88. The maximum absolute atomic E-state index is 12.0. The monoisotopic (exact) mass is 311 g/mol. The molecule has 0 aliphatic carbocycles. The van der Waals surface area contributed by atoms with E-state index in [1.807, 2.05) is 24.3 Å². The molecule has 0 bridgehead atoms. The van der Waals surface area contributed by atoms with Crippen LogP contribution in [0, 0.1) is 0 Å². The quantitative estimate of drug-likeness (QED) is 0.892. The van der Waals surface area contributed by atoms with Gasteiger partial charge in [-0.1, -0.05) is 19.1 Å². The summed E-state index contributed by atoms with van der Waals surface area (Å²) < 4.78 is 0. The Kier molecular flexibility index (Phi) is 6.64. The molecule has 4 nitrogen and oxygen atoms in total. The van der Waals surface area contributed by atoms with Crippen LogP contribution in [0.4, 0.5) is 5.69 Å². The summed E-state index contributed by atoms with van der Waals surface area (Å²) in [6.07, 6.45) is 1.66. The number of nitrogens with zero attached hydrogens (tertiary/aromatic N) is 1. The SMILES string of the molecule is CCc1cccc(NC(=O)c2csc(CCN)n2)c1.Cl. The van der Waals surface area contributed by atoms with Gasteiger partial charge in [-0.3, -0.25) is 4.79 Å². The molecule has 2 rings (SSSR count). The Morgan fingerprint density at radius 2 is 2.25 bits per heavy atom. The van der Waals surface area contributed by atoms with Crippen molar-refractivity contribution in [3.8, 4) is 0 Å². The van der Waals surface area contributed by atoms with Crippen LogP contribution in [0.2, 0.25) is 0 Å². The number of hydrogen-bond donors (Lipinski definition) is 2. The lowest BCUT2D eigenvalue weighted by atomic mass is 10.1. The number of anilines is 1. The summed E-state index contributed by atoms with van der Waals surface area (Å²) in [5.74, 6) is -0.173. The number of aryl methyl sites for hydroxylation is 1. The molecule has 1 aromatic carbocycles. The number of carbonyl (C=O) groups excluding carboxylic acids is 1. The third-order valence-corrected chi connectivity index (χ3v) is 3.64. The van der Waals surface area contributed by atoms with Gasteiger partial charge in [0.25, 0.3) is 5.91 Å². The second-order valence-electron chi connectivity index (χ2n) is 4.17. The molecule has 0 fully saturated rings. The van der Waals surface area contributed by atoms with Crippen molar-refractivity contribution in [3.05, 3.63) is 45.9 Å². The van der Waals surface area contributed by atoms with Crippen molar-refractivity contribution in [1.82, 2.24) is 4.98 Å². The first-order valence-electron chi connectivity index (χ1n) is 6.27. The van der Waals surface area contributed by atoms with Crippen molar-refractivity contribution in [2.45, 2.75) is 19.8 Å². The van der Waals surface area contributed by atoms with Gasteiger partial charge in [0.15, 0.2) is 0 Å². The normalized spacial score (nSPS) is 9.90. The van der Waals surface area contributed by atoms with Crippen LogP contribution >= 0.6 is 23.7 Å². The van der Waals surface area contributed by atoms with Crippen molar-refractivity contribution in [1.29, 1.82) is 0 Å². The van der Waals surface area contributed by atoms with Gasteiger partial charge in [-0.25, -0.2) is 4.98 Å². The summed E-state index contributed by atoms with van der Waals surface area (Å²) in [7, 11) is 0. The lowest BCUT2D eigenvalue weighted by Gasteiger charge is -2.04. The smallest absolute Gasteiger partial charge is 0.275 e. The first-order chi connectivity index (χ1) is 9.22. The molecule has 20 heavy (non-hydrogen) atoms. The van der Waals surface area contributed by atoms with Gasteiger partial charge in [-0.05, 0) is 30.7 Å². The van der Waals surface area contributed by atoms with Gasteiger partial charge < -0.3 is 11.1 Å². The Hall–Kier alpha value is -1.43. The zero-order chi connectivity index (χ0) is 13.7. The van der Waals surface area contributed by atoms with Crippen LogP contribution in [-0.4, -0.2) is 17.4 Å². The van der Waals surface area contributed by atoms with Crippen molar-refractivity contribution in [2.75, 3.05) is 11.9 Å². The van der Waals surface area contributed by atoms with E-state index in [9.17, 15) is 4.79 Å². The van der Waals surface area contributed by atoms with Gasteiger partial charge in [-0.15, -0.1) is 23.7 Å². The fraction of sp³-hybridized carbons (Fsp3) is 0.286. The van der Waals surface area contributed by atoms with Crippen LogP contribution in [0.3, 0.4) is 0 Å². The minimum Gasteiger partial charge on any atom is -0.330 e. The average molecular weight is 312 g/mol. The van der Waals surface area contributed by atoms with Gasteiger partial charge in [0.1, 0.15) is 5.69 Å². The molecule has 0 saturated heterocycles. The minimum atomic E-state index is -0.173. The van der Waals surface area contributed by atoms with Gasteiger partial charge >= 0.3 is 0 Å². The zero-order valence-electron chi connectivity index (χ0n) is 11.3. The number of hydrogen-bond acceptors (Lipinski definition) is 4. The Morgan fingerprint density at radius 3 is 2.95 bits per heavy atom. The predicted molar refractivity (Wildman–Crippen MR) is 85.9 cm³/mol. The van der Waals surface area contributed by atoms with Crippen LogP contribution in [-0.2, 0) is 12.8 Å². The molecule has 3 N–H and O–H groups in total. The maximum Gasteiger partial charge on any atom is 0.275 e. The Labute approximate surface area is 128 Å². The fourth-order valence-electron chi connectivity index (χ4n) is 1.72. The summed E-state index contributed by atoms with van der Waals surface area (Å²) in [6.45, 7) is 2.63. The molecule has 6 heteroatoms. The van der Waals surface area contributed by atoms with E-state index < -0.39 is 0 Å². The molecule has 0 atom stereocenters. The van der Waals surface area contributed by atoms with Crippen LogP contribution in [0.1, 0.15) is 28.0 Å². The van der Waals surface area contributed by atoms with Crippen LogP contribution < -0.4 is 11.1 Å². The van der Waals surface area contributed by atoms with Crippen molar-refractivity contribution < 1.29 is 4.79 Å². The van der Waals surface area contributed by atoms with E-state index in [2.05, 4.69) is 17.2 Å². The second-order valence-corrected chi connectivity index (χ2v) is 5.12. The van der Waals surface area contributed by atoms with Gasteiger partial charge in [0, 0.05) is 17.5 Å². The number of thiazole rings is 1. The molecule has 0 unspecified atom stereocenters. The Balaban J connectivity index is 0.00000200. The highest BCUT2D eigenvalue weighted by Gasteiger charge is 2.10. The number of benzene rings is 1. The number of halogens is 1. The molecule has 0 aliphatic rings. The number of amides is 1. The van der Waals surface area contributed by atoms with E-state index in [1.165, 1.54) is 16.9 Å². The third-order valence-electron chi connectivity index (χ3n) is 2.74. The Bertz CT molecular complexity index is 571. The maximum atomic E-state index is 12.0. The number of nitrogens with one attached hydrogen (secondary N) is 1. The lowest BCUT2D eigenvalue weighted by molar-refractivity contribution is 0.102. The molecule has 2 aromatic rings. The summed E-state index contributed by atoms with van der Waals surface area (Å²) in [6, 6.07) is 7.84. The van der Waals surface area contributed by atoms with Crippen molar-refractivity contribution in [2.24, 2.45) is 5.73 Å². The summed E-state index contributed by atoms with van der Waals surface area (Å²) in [5.41, 5.74) is 7.92. The van der Waals surface area contributed by atoms with E-state index >= 15 is 0 Å². The van der Waals surface area contributed by atoms with Gasteiger partial charge in [-0.2, -0.15) is 0 Å². The first kappa shape index (κ1) is 16.6. The summed E-state index contributed by atoms with van der Waals surface area (Å²) in [4.78, 5) is 16.3. The van der Waals surface area contributed by atoms with Crippen molar-refractivity contribution >= 4 is 35.3 Å². The molecule has 0 saturated carbocycles. The zero-order valence-corrected chi connectivity index (χ0v) is 12.9. The van der Waals surface area contributed by atoms with Gasteiger partial charge in [0.2, 0.25) is 0 Å². The molecule has 0 radical (unpaired) electrons. The number of aromatic nitrogens is 1. The van der Waals surface area contributed by atoms with E-state index in [4.69, 9.17) is 5.73 Å². The molecular formula is C14H18ClN3OS. The largest absolute Gasteiger partial charge is 0.330 e. The summed E-state index contributed by atoms with van der Waals surface area (Å²) in [5, 5.41) is 5.53. The number of nitrogens with two attached hydrogens (primary N) is 1. The second kappa shape index (κ2) is 7.99. The molecule has 1 aromatic heterocycles. The molecule has 0 spiro atoms. The first-order valence-corrected chi connectivity index (χ1v) is 7.15. The van der Waals surface area contributed by atoms with E-state index in [1.54, 1.807) is 5.38 Å². The fourth-order valence-corrected chi connectivity index (χ4v) is 2.51. The highest BCUT2D eigenvalue weighted by atomic mass is 35.5. The highest BCUT2D eigenvalue weighted by Crippen LogP contribution is 2.14. The topological polar surface area (TPSA) is 68.0 Å². The van der Waals surface area contributed by atoms with E-state index in [0.29, 0.717) is 18.7 Å². The molecule has 108 valence electrons. The molecule has 1 amide bonds. The highest BCUT2D eigenvalue weighted by molar-refractivity contribution is 7.09. The number of rotatable bonds is 5. The molecule has 1 heterocycles. The molecular weight excluding hydrogens is 294 g/mol. The number of carbonyl (C=O) groups is 1. The Morgan fingerprint density at radius 1 is 1.45 bits per heavy atom. The average Bonchev–Trinajstić information content (AvgIpc) is 2.88. The lowest BCUT2D eigenvalue weighted by Crippen LogP contribution is -2.13. The standard InChI is InChI=1S/C14H17N3OS.ClH/c1-2-10-4-3-5-11(8-10)16-14(18)12-9-19-13(17-12)6-7-15;/h3-5,8-9H,2,6-7,15H2,1H3,(H,16,18);1H. The van der Waals surface area contributed by atoms with Crippen LogP contribution in [0.15, 0.2) is 29.6 Å². The van der Waals surface area contributed by atoms with Crippen LogP contribution in [0.5, 0.6) is 0 Å². The summed E-state index contributed by atoms with van der Waals surface area (Å²) >= 11 is 1.47. The molecule has 0 aliphatic heterocycles. The minimum absolute atomic E-state index is 0. The van der Waals surface area contributed by atoms with Crippen LogP contribution in [0.25, 0.3) is 0 Å². The van der Waals surface area contributed by atoms with E-state index in [0.717, 1.165) is 17.1 Å².